The third kappa shape index (κ3) is 3.63. The number of nitrogens with zero attached hydrogens (tertiary/aromatic N) is 1. The van der Waals surface area contributed by atoms with Gasteiger partial charge in [-0.25, -0.2) is 9.37 Å². The average molecular weight is 322 g/mol. The molecule has 0 radical (unpaired) electrons. The summed E-state index contributed by atoms with van der Waals surface area (Å²) in [4.78, 5) is 18.2. The molecule has 21 heavy (non-hydrogen) atoms. The number of hydrogen-bond donors (Lipinski definition) is 1. The summed E-state index contributed by atoms with van der Waals surface area (Å²) in [7, 11) is 0. The second kappa shape index (κ2) is 6.58. The minimum absolute atomic E-state index is 0.144. The summed E-state index contributed by atoms with van der Waals surface area (Å²) in [6.45, 7) is 0. The van der Waals surface area contributed by atoms with Gasteiger partial charge in [-0.05, 0) is 37.8 Å². The number of carbonyl (C=O) groups excluding carboxylic acids is 1. The molecule has 1 aromatic heterocycles. The molecule has 1 amide bonds. The van der Waals surface area contributed by atoms with Crippen molar-refractivity contribution in [3.8, 4) is 0 Å². The Balaban J connectivity index is 1.57. The van der Waals surface area contributed by atoms with Crippen molar-refractivity contribution in [2.24, 2.45) is 0 Å². The monoisotopic (exact) mass is 322 g/mol. The van der Waals surface area contributed by atoms with Crippen LogP contribution in [0.5, 0.6) is 0 Å². The van der Waals surface area contributed by atoms with Crippen LogP contribution in [0.2, 0.25) is 0 Å². The highest BCUT2D eigenvalue weighted by molar-refractivity contribution is 8.00. The van der Waals surface area contributed by atoms with Crippen molar-refractivity contribution < 1.29 is 9.18 Å². The number of aromatic nitrogens is 1. The smallest absolute Gasteiger partial charge is 0.236 e. The van der Waals surface area contributed by atoms with Gasteiger partial charge in [-0.2, -0.15) is 0 Å². The first kappa shape index (κ1) is 14.5. The van der Waals surface area contributed by atoms with Crippen LogP contribution in [0.4, 0.5) is 9.52 Å². The van der Waals surface area contributed by atoms with E-state index in [0.29, 0.717) is 10.0 Å². The van der Waals surface area contributed by atoms with Crippen LogP contribution in [-0.4, -0.2) is 16.6 Å². The van der Waals surface area contributed by atoms with Gasteiger partial charge in [0.2, 0.25) is 5.91 Å². The number of hydrogen-bond acceptors (Lipinski definition) is 4. The maximum atomic E-state index is 13.5. The van der Waals surface area contributed by atoms with Gasteiger partial charge in [0.1, 0.15) is 5.82 Å². The van der Waals surface area contributed by atoms with Gasteiger partial charge in [-0.1, -0.05) is 12.1 Å². The van der Waals surface area contributed by atoms with Gasteiger partial charge in [-0.3, -0.25) is 4.79 Å². The van der Waals surface area contributed by atoms with Crippen LogP contribution in [-0.2, 0) is 17.6 Å². The van der Waals surface area contributed by atoms with Crippen molar-refractivity contribution in [3.05, 3.63) is 40.7 Å². The number of carbonyl (C=O) groups is 1. The highest BCUT2D eigenvalue weighted by Crippen LogP contribution is 2.29. The van der Waals surface area contributed by atoms with Crippen molar-refractivity contribution in [3.63, 3.8) is 0 Å². The van der Waals surface area contributed by atoms with E-state index in [-0.39, 0.29) is 17.5 Å². The minimum Gasteiger partial charge on any atom is -0.301 e. The molecule has 0 fully saturated rings. The molecule has 0 atom stereocenters. The SMILES string of the molecule is O=C(CSc1ccccc1F)Nc1nc2c(s1)CCCC2. The van der Waals surface area contributed by atoms with Crippen LogP contribution in [0, 0.1) is 5.82 Å². The van der Waals surface area contributed by atoms with Gasteiger partial charge in [0, 0.05) is 9.77 Å². The van der Waals surface area contributed by atoms with E-state index in [9.17, 15) is 9.18 Å². The lowest BCUT2D eigenvalue weighted by Crippen LogP contribution is -2.14. The van der Waals surface area contributed by atoms with E-state index >= 15 is 0 Å². The van der Waals surface area contributed by atoms with Crippen LogP contribution in [0.3, 0.4) is 0 Å². The van der Waals surface area contributed by atoms with Gasteiger partial charge in [0.25, 0.3) is 0 Å². The fourth-order valence-corrected chi connectivity index (χ4v) is 4.07. The molecule has 1 aliphatic rings. The number of benzene rings is 1. The van der Waals surface area contributed by atoms with Crippen LogP contribution in [0.15, 0.2) is 29.2 Å². The molecular formula is C15H15FN2OS2. The number of thiazole rings is 1. The second-order valence-electron chi connectivity index (χ2n) is 4.86. The van der Waals surface area contributed by atoms with E-state index in [2.05, 4.69) is 10.3 Å². The first-order valence-corrected chi connectivity index (χ1v) is 8.68. The van der Waals surface area contributed by atoms with Crippen LogP contribution in [0.25, 0.3) is 0 Å². The normalized spacial score (nSPS) is 13.8. The summed E-state index contributed by atoms with van der Waals surface area (Å²) in [5.74, 6) is -0.250. The molecule has 1 aliphatic carbocycles. The molecule has 3 rings (SSSR count). The maximum Gasteiger partial charge on any atom is 0.236 e. The third-order valence-electron chi connectivity index (χ3n) is 3.29. The average Bonchev–Trinajstić information content (AvgIpc) is 2.88. The fourth-order valence-electron chi connectivity index (χ4n) is 2.27. The predicted molar refractivity (Wildman–Crippen MR) is 84.5 cm³/mol. The molecule has 0 unspecified atom stereocenters. The number of anilines is 1. The zero-order chi connectivity index (χ0) is 14.7. The van der Waals surface area contributed by atoms with E-state index < -0.39 is 0 Å². The van der Waals surface area contributed by atoms with Crippen LogP contribution < -0.4 is 5.32 Å². The first-order chi connectivity index (χ1) is 10.2. The highest BCUT2D eigenvalue weighted by atomic mass is 32.2. The topological polar surface area (TPSA) is 42.0 Å². The molecule has 3 nitrogen and oxygen atoms in total. The number of halogens is 1. The van der Waals surface area contributed by atoms with Crippen LogP contribution >= 0.6 is 23.1 Å². The number of rotatable bonds is 4. The largest absolute Gasteiger partial charge is 0.301 e. The van der Waals surface area contributed by atoms with Crippen molar-refractivity contribution in [2.45, 2.75) is 30.6 Å². The summed E-state index contributed by atoms with van der Waals surface area (Å²) >= 11 is 2.76. The summed E-state index contributed by atoms with van der Waals surface area (Å²) < 4.78 is 13.5. The van der Waals surface area contributed by atoms with Crippen molar-refractivity contribution >= 4 is 34.1 Å². The zero-order valence-electron chi connectivity index (χ0n) is 11.4. The van der Waals surface area contributed by atoms with Crippen LogP contribution in [0.1, 0.15) is 23.4 Å². The summed E-state index contributed by atoms with van der Waals surface area (Å²) in [6.07, 6.45) is 4.44. The van der Waals surface area contributed by atoms with Gasteiger partial charge < -0.3 is 5.32 Å². The Morgan fingerprint density at radius 3 is 2.95 bits per heavy atom. The third-order valence-corrected chi connectivity index (χ3v) is 5.41. The quantitative estimate of drug-likeness (QED) is 0.868. The second-order valence-corrected chi connectivity index (χ2v) is 6.96. The summed E-state index contributed by atoms with van der Waals surface area (Å²) in [6, 6.07) is 6.47. The minimum atomic E-state index is -0.292. The molecule has 110 valence electrons. The molecule has 1 N–H and O–H groups in total. The van der Waals surface area contributed by atoms with Gasteiger partial charge in [-0.15, -0.1) is 23.1 Å². The van der Waals surface area contributed by atoms with E-state index in [4.69, 9.17) is 0 Å². The van der Waals surface area contributed by atoms with E-state index in [1.165, 1.54) is 35.5 Å². The van der Waals surface area contributed by atoms with Crippen molar-refractivity contribution in [1.29, 1.82) is 0 Å². The van der Waals surface area contributed by atoms with E-state index in [0.717, 1.165) is 18.5 Å². The van der Waals surface area contributed by atoms with Gasteiger partial charge in [0.05, 0.1) is 11.4 Å². The molecule has 0 saturated heterocycles. The first-order valence-electron chi connectivity index (χ1n) is 6.88. The Hall–Kier alpha value is -1.40. The molecule has 6 heteroatoms. The predicted octanol–water partition coefficient (Wildman–Crippen LogP) is 3.89. The Kier molecular flexibility index (Phi) is 4.55. The lowest BCUT2D eigenvalue weighted by atomic mass is 10.0. The molecule has 0 saturated carbocycles. The van der Waals surface area contributed by atoms with Gasteiger partial charge >= 0.3 is 0 Å². The fraction of sp³-hybridized carbons (Fsp3) is 0.333. The Morgan fingerprint density at radius 2 is 2.14 bits per heavy atom. The molecule has 1 aromatic carbocycles. The number of aryl methyl sites for hydroxylation is 2. The molecular weight excluding hydrogens is 307 g/mol. The number of nitrogens with one attached hydrogen (secondary N) is 1. The van der Waals surface area contributed by atoms with E-state index in [1.807, 2.05) is 0 Å². The molecule has 0 aliphatic heterocycles. The molecule has 2 aromatic rings. The summed E-state index contributed by atoms with van der Waals surface area (Å²) in [5.41, 5.74) is 1.13. The standard InChI is InChI=1S/C15H15FN2OS2/c16-10-5-1-3-7-12(10)20-9-14(19)18-15-17-11-6-2-4-8-13(11)21-15/h1,3,5,7H,2,4,6,8-9H2,(H,17,18,19). The number of amides is 1. The van der Waals surface area contributed by atoms with Crippen molar-refractivity contribution in [1.82, 2.24) is 4.98 Å². The Labute approximate surface area is 131 Å². The number of fused-ring (bicyclic) bond motifs is 1. The summed E-state index contributed by atoms with van der Waals surface area (Å²) in [5, 5.41) is 3.48. The zero-order valence-corrected chi connectivity index (χ0v) is 13.0. The number of thioether (sulfide) groups is 1. The molecule has 0 bridgehead atoms. The molecule has 1 heterocycles. The molecule has 0 spiro atoms. The lowest BCUT2D eigenvalue weighted by Gasteiger charge is -2.06. The Bertz CT molecular complexity index is 633. The highest BCUT2D eigenvalue weighted by Gasteiger charge is 2.16. The van der Waals surface area contributed by atoms with Crippen molar-refractivity contribution in [2.75, 3.05) is 11.1 Å². The van der Waals surface area contributed by atoms with E-state index in [1.54, 1.807) is 29.5 Å². The maximum absolute atomic E-state index is 13.5. The van der Waals surface area contributed by atoms with Gasteiger partial charge in [0.15, 0.2) is 5.13 Å². The Morgan fingerprint density at radius 1 is 1.33 bits per heavy atom. The lowest BCUT2D eigenvalue weighted by molar-refractivity contribution is -0.113.